The van der Waals surface area contributed by atoms with Crippen molar-refractivity contribution in [2.75, 3.05) is 0 Å². The topological polar surface area (TPSA) is 32.6 Å². The molecule has 0 spiro atoms. The van der Waals surface area contributed by atoms with Gasteiger partial charge >= 0.3 is 0 Å². The lowest BCUT2D eigenvalue weighted by molar-refractivity contribution is 0.321. The molecule has 1 rings (SSSR count). The number of benzene rings is 1. The second-order valence-corrected chi connectivity index (χ2v) is 3.33. The Hall–Kier alpha value is -0.610. The molecule has 0 radical (unpaired) electrons. The Balaban J connectivity index is 3.27. The van der Waals surface area contributed by atoms with Gasteiger partial charge in [0.15, 0.2) is 0 Å². The Morgan fingerprint density at radius 2 is 2.25 bits per heavy atom. The fourth-order valence-corrected chi connectivity index (χ4v) is 1.57. The lowest BCUT2D eigenvalue weighted by Gasteiger charge is -1.99. The summed E-state index contributed by atoms with van der Waals surface area (Å²) in [4.78, 5) is 0. The van der Waals surface area contributed by atoms with E-state index in [-0.39, 0.29) is 10.0 Å². The summed E-state index contributed by atoms with van der Waals surface area (Å²) in [5.41, 5.74) is 0.136. The van der Waals surface area contributed by atoms with Gasteiger partial charge in [-0.25, -0.2) is 4.39 Å². The van der Waals surface area contributed by atoms with E-state index in [0.717, 1.165) is 6.21 Å². The van der Waals surface area contributed by atoms with Gasteiger partial charge < -0.3 is 5.21 Å². The Kier molecular flexibility index (Phi) is 3.05. The summed E-state index contributed by atoms with van der Waals surface area (Å²) in [5.74, 6) is -0.503. The quantitative estimate of drug-likeness (QED) is 0.354. The zero-order valence-corrected chi connectivity index (χ0v) is 8.10. The molecular formula is C7H4BrClFNO. The van der Waals surface area contributed by atoms with Crippen molar-refractivity contribution in [1.82, 2.24) is 0 Å². The third kappa shape index (κ3) is 1.95. The van der Waals surface area contributed by atoms with Crippen LogP contribution < -0.4 is 0 Å². The van der Waals surface area contributed by atoms with Crippen LogP contribution in [0.5, 0.6) is 0 Å². The largest absolute Gasteiger partial charge is 0.411 e. The SMILES string of the molecule is O/N=C/c1cc(Cl)cc(Br)c1F. The van der Waals surface area contributed by atoms with E-state index in [2.05, 4.69) is 21.1 Å². The number of halogens is 3. The van der Waals surface area contributed by atoms with Crippen LogP contribution in [-0.2, 0) is 0 Å². The molecule has 12 heavy (non-hydrogen) atoms. The first-order valence-corrected chi connectivity index (χ1v) is 4.14. The fraction of sp³-hybridized carbons (Fsp3) is 0. The molecule has 0 aliphatic rings. The summed E-state index contributed by atoms with van der Waals surface area (Å²) in [6.45, 7) is 0. The predicted octanol–water partition coefficient (Wildman–Crippen LogP) is 3.05. The lowest BCUT2D eigenvalue weighted by Crippen LogP contribution is -1.89. The van der Waals surface area contributed by atoms with Crippen LogP contribution in [-0.4, -0.2) is 11.4 Å². The molecule has 0 unspecified atom stereocenters. The van der Waals surface area contributed by atoms with E-state index in [4.69, 9.17) is 16.8 Å². The molecule has 0 bridgehead atoms. The van der Waals surface area contributed by atoms with Crippen LogP contribution in [0.15, 0.2) is 21.8 Å². The maximum atomic E-state index is 13.1. The van der Waals surface area contributed by atoms with Crippen molar-refractivity contribution in [1.29, 1.82) is 0 Å². The highest BCUT2D eigenvalue weighted by Gasteiger charge is 2.05. The van der Waals surface area contributed by atoms with Gasteiger partial charge in [-0.3, -0.25) is 0 Å². The van der Waals surface area contributed by atoms with Crippen molar-refractivity contribution in [2.24, 2.45) is 5.16 Å². The number of hydrogen-bond acceptors (Lipinski definition) is 2. The van der Waals surface area contributed by atoms with Gasteiger partial charge in [0.25, 0.3) is 0 Å². The summed E-state index contributed by atoms with van der Waals surface area (Å²) in [6, 6.07) is 2.78. The summed E-state index contributed by atoms with van der Waals surface area (Å²) < 4.78 is 13.3. The minimum atomic E-state index is -0.503. The maximum absolute atomic E-state index is 13.1. The van der Waals surface area contributed by atoms with E-state index < -0.39 is 5.82 Å². The van der Waals surface area contributed by atoms with Crippen molar-refractivity contribution in [3.8, 4) is 0 Å². The molecule has 0 aliphatic carbocycles. The van der Waals surface area contributed by atoms with E-state index in [1.54, 1.807) is 0 Å². The van der Waals surface area contributed by atoms with Crippen molar-refractivity contribution in [2.45, 2.75) is 0 Å². The summed E-state index contributed by atoms with van der Waals surface area (Å²) in [6.07, 6.45) is 0.978. The van der Waals surface area contributed by atoms with Gasteiger partial charge in [-0.1, -0.05) is 16.8 Å². The van der Waals surface area contributed by atoms with Crippen LogP contribution >= 0.6 is 27.5 Å². The smallest absolute Gasteiger partial charge is 0.146 e. The Morgan fingerprint density at radius 3 is 2.83 bits per heavy atom. The van der Waals surface area contributed by atoms with Crippen LogP contribution in [0.2, 0.25) is 5.02 Å². The Morgan fingerprint density at radius 1 is 1.58 bits per heavy atom. The van der Waals surface area contributed by atoms with E-state index in [9.17, 15) is 4.39 Å². The monoisotopic (exact) mass is 251 g/mol. The molecule has 0 atom stereocenters. The molecule has 0 saturated carbocycles. The van der Waals surface area contributed by atoms with Gasteiger partial charge in [-0.15, -0.1) is 0 Å². The van der Waals surface area contributed by atoms with Crippen LogP contribution in [0.4, 0.5) is 4.39 Å². The predicted molar refractivity (Wildman–Crippen MR) is 48.5 cm³/mol. The molecule has 2 nitrogen and oxygen atoms in total. The highest BCUT2D eigenvalue weighted by molar-refractivity contribution is 9.10. The molecule has 0 heterocycles. The molecule has 1 N–H and O–H groups in total. The first-order chi connectivity index (χ1) is 5.65. The Bertz CT molecular complexity index is 329. The fourth-order valence-electron chi connectivity index (χ4n) is 0.732. The summed E-state index contributed by atoms with van der Waals surface area (Å²) in [5, 5.41) is 11.2. The molecule has 1 aromatic carbocycles. The van der Waals surface area contributed by atoms with Crippen molar-refractivity contribution >= 4 is 33.7 Å². The van der Waals surface area contributed by atoms with Crippen LogP contribution in [0, 0.1) is 5.82 Å². The first kappa shape index (κ1) is 9.48. The average Bonchev–Trinajstić information content (AvgIpc) is 2.00. The van der Waals surface area contributed by atoms with Crippen molar-refractivity contribution < 1.29 is 9.60 Å². The van der Waals surface area contributed by atoms with Gasteiger partial charge in [-0.05, 0) is 28.1 Å². The molecule has 5 heteroatoms. The lowest BCUT2D eigenvalue weighted by atomic mass is 10.2. The molecule has 0 aliphatic heterocycles. The number of oxime groups is 1. The number of hydrogen-bond donors (Lipinski definition) is 1. The van der Waals surface area contributed by atoms with Gasteiger partial charge in [0.05, 0.1) is 10.7 Å². The second-order valence-electron chi connectivity index (χ2n) is 2.04. The molecule has 0 aromatic heterocycles. The zero-order valence-electron chi connectivity index (χ0n) is 5.76. The molecule has 64 valence electrons. The van der Waals surface area contributed by atoms with Gasteiger partial charge in [0.2, 0.25) is 0 Å². The van der Waals surface area contributed by atoms with E-state index >= 15 is 0 Å². The third-order valence-electron chi connectivity index (χ3n) is 1.22. The van der Waals surface area contributed by atoms with Crippen molar-refractivity contribution in [3.63, 3.8) is 0 Å². The van der Waals surface area contributed by atoms with E-state index in [0.29, 0.717) is 5.02 Å². The summed E-state index contributed by atoms with van der Waals surface area (Å²) >= 11 is 8.58. The zero-order chi connectivity index (χ0) is 9.14. The maximum Gasteiger partial charge on any atom is 0.146 e. The van der Waals surface area contributed by atoms with Crippen LogP contribution in [0.3, 0.4) is 0 Å². The minimum Gasteiger partial charge on any atom is -0.411 e. The highest BCUT2D eigenvalue weighted by Crippen LogP contribution is 2.23. The van der Waals surface area contributed by atoms with Gasteiger partial charge in [-0.2, -0.15) is 0 Å². The van der Waals surface area contributed by atoms with E-state index in [1.165, 1.54) is 12.1 Å². The minimum absolute atomic E-state index is 0.136. The molecule has 0 amide bonds. The van der Waals surface area contributed by atoms with Crippen LogP contribution in [0.25, 0.3) is 0 Å². The van der Waals surface area contributed by atoms with Crippen LogP contribution in [0.1, 0.15) is 5.56 Å². The standard InChI is InChI=1S/C7H4BrClFNO/c8-6-2-5(9)1-4(3-11-12)7(6)10/h1-3,12H/b11-3+. The average molecular weight is 252 g/mol. The molecule has 0 saturated heterocycles. The molecule has 1 aromatic rings. The van der Waals surface area contributed by atoms with Gasteiger partial charge in [0.1, 0.15) is 5.82 Å². The second kappa shape index (κ2) is 3.87. The summed E-state index contributed by atoms with van der Waals surface area (Å²) in [7, 11) is 0. The normalized spacial score (nSPS) is 10.9. The van der Waals surface area contributed by atoms with Gasteiger partial charge in [0, 0.05) is 10.6 Å². The Labute approximate surface area is 81.8 Å². The highest BCUT2D eigenvalue weighted by atomic mass is 79.9. The van der Waals surface area contributed by atoms with Crippen molar-refractivity contribution in [3.05, 3.63) is 33.0 Å². The molecular weight excluding hydrogens is 248 g/mol. The molecule has 0 fully saturated rings. The number of nitrogens with zero attached hydrogens (tertiary/aromatic N) is 1. The number of rotatable bonds is 1. The third-order valence-corrected chi connectivity index (χ3v) is 2.01. The van der Waals surface area contributed by atoms with E-state index in [1.807, 2.05) is 0 Å². The first-order valence-electron chi connectivity index (χ1n) is 2.97.